The maximum absolute atomic E-state index is 10.6. The Balaban J connectivity index is 2.03. The SMILES string of the molecule is CN1CCCc2ccc(C3(N=C=O)CCC3)cc21. The summed E-state index contributed by atoms with van der Waals surface area (Å²) in [5, 5.41) is 0. The molecule has 2 aliphatic rings. The Morgan fingerprint density at radius 3 is 2.83 bits per heavy atom. The van der Waals surface area contributed by atoms with Gasteiger partial charge in [0.05, 0.1) is 5.54 Å². The van der Waals surface area contributed by atoms with Gasteiger partial charge < -0.3 is 4.90 Å². The van der Waals surface area contributed by atoms with Crippen molar-refractivity contribution in [1.82, 2.24) is 0 Å². The van der Waals surface area contributed by atoms with Gasteiger partial charge in [-0.3, -0.25) is 0 Å². The standard InChI is InChI=1S/C15H18N2O/c1-17-9-2-4-12-5-6-13(10-14(12)17)15(16-11-18)7-3-8-15/h5-6,10H,2-4,7-9H2,1H3. The highest BCUT2D eigenvalue weighted by Crippen LogP contribution is 2.46. The van der Waals surface area contributed by atoms with E-state index >= 15 is 0 Å². The zero-order chi connectivity index (χ0) is 12.6. The molecule has 3 nitrogen and oxygen atoms in total. The molecule has 1 fully saturated rings. The molecule has 0 N–H and O–H groups in total. The first kappa shape index (κ1) is 11.5. The Hall–Kier alpha value is -1.60. The smallest absolute Gasteiger partial charge is 0.235 e. The van der Waals surface area contributed by atoms with Crippen molar-refractivity contribution in [3.05, 3.63) is 29.3 Å². The lowest BCUT2D eigenvalue weighted by Crippen LogP contribution is -2.33. The van der Waals surface area contributed by atoms with Crippen LogP contribution in [-0.4, -0.2) is 19.7 Å². The third-order valence-electron chi connectivity index (χ3n) is 4.41. The number of rotatable bonds is 2. The highest BCUT2D eigenvalue weighted by atomic mass is 16.1. The van der Waals surface area contributed by atoms with Gasteiger partial charge in [0, 0.05) is 19.3 Å². The Morgan fingerprint density at radius 2 is 2.17 bits per heavy atom. The zero-order valence-corrected chi connectivity index (χ0v) is 10.8. The maximum atomic E-state index is 10.6. The van der Waals surface area contributed by atoms with Gasteiger partial charge in [-0.25, -0.2) is 4.79 Å². The molecule has 0 amide bonds. The fraction of sp³-hybridized carbons (Fsp3) is 0.533. The number of isocyanates is 1. The van der Waals surface area contributed by atoms with Crippen molar-refractivity contribution >= 4 is 11.8 Å². The number of hydrogen-bond acceptors (Lipinski definition) is 3. The van der Waals surface area contributed by atoms with Crippen LogP contribution in [-0.2, 0) is 16.8 Å². The average molecular weight is 242 g/mol. The molecule has 1 aromatic rings. The van der Waals surface area contributed by atoms with Crippen LogP contribution in [0.25, 0.3) is 0 Å². The molecular formula is C15H18N2O. The molecule has 94 valence electrons. The lowest BCUT2D eigenvalue weighted by molar-refractivity contribution is 0.256. The summed E-state index contributed by atoms with van der Waals surface area (Å²) in [5.41, 5.74) is 3.64. The normalized spacial score (nSPS) is 20.6. The Morgan fingerprint density at radius 1 is 1.33 bits per heavy atom. The van der Waals surface area contributed by atoms with Crippen LogP contribution in [0.5, 0.6) is 0 Å². The molecule has 1 aliphatic heterocycles. The van der Waals surface area contributed by atoms with Crippen LogP contribution in [0.4, 0.5) is 5.69 Å². The topological polar surface area (TPSA) is 32.7 Å². The molecule has 0 aromatic heterocycles. The van der Waals surface area contributed by atoms with Crippen LogP contribution in [0.1, 0.15) is 36.8 Å². The van der Waals surface area contributed by atoms with E-state index in [2.05, 4.69) is 35.1 Å². The van der Waals surface area contributed by atoms with Gasteiger partial charge in [-0.15, -0.1) is 0 Å². The van der Waals surface area contributed by atoms with E-state index in [0.29, 0.717) is 0 Å². The third-order valence-corrected chi connectivity index (χ3v) is 4.41. The molecule has 3 rings (SSSR count). The number of aliphatic imine (C=N–C) groups is 1. The summed E-state index contributed by atoms with van der Waals surface area (Å²) in [6.07, 6.45) is 7.25. The fourth-order valence-electron chi connectivity index (χ4n) is 3.11. The molecular weight excluding hydrogens is 224 g/mol. The van der Waals surface area contributed by atoms with Crippen molar-refractivity contribution in [3.63, 3.8) is 0 Å². The van der Waals surface area contributed by atoms with Crippen molar-refractivity contribution in [2.45, 2.75) is 37.6 Å². The number of aryl methyl sites for hydroxylation is 1. The average Bonchev–Trinajstić information content (AvgIpc) is 2.34. The van der Waals surface area contributed by atoms with Gasteiger partial charge in [0.25, 0.3) is 0 Å². The van der Waals surface area contributed by atoms with Crippen molar-refractivity contribution in [2.24, 2.45) is 4.99 Å². The summed E-state index contributed by atoms with van der Waals surface area (Å²) in [7, 11) is 2.14. The Kier molecular flexibility index (Phi) is 2.71. The number of benzene rings is 1. The molecule has 1 saturated carbocycles. The van der Waals surface area contributed by atoms with Gasteiger partial charge in [0.1, 0.15) is 0 Å². The molecule has 0 bridgehead atoms. The zero-order valence-electron chi connectivity index (χ0n) is 10.8. The summed E-state index contributed by atoms with van der Waals surface area (Å²) in [5.74, 6) is 0. The lowest BCUT2D eigenvalue weighted by Gasteiger charge is -2.38. The summed E-state index contributed by atoms with van der Waals surface area (Å²) < 4.78 is 0. The van der Waals surface area contributed by atoms with Gasteiger partial charge in [0.15, 0.2) is 0 Å². The van der Waals surface area contributed by atoms with Crippen molar-refractivity contribution in [1.29, 1.82) is 0 Å². The largest absolute Gasteiger partial charge is 0.374 e. The minimum atomic E-state index is -0.269. The van der Waals surface area contributed by atoms with E-state index in [1.165, 1.54) is 23.2 Å². The van der Waals surface area contributed by atoms with Crippen molar-refractivity contribution < 1.29 is 4.79 Å². The van der Waals surface area contributed by atoms with Gasteiger partial charge in [-0.1, -0.05) is 12.1 Å². The van der Waals surface area contributed by atoms with Crippen LogP contribution in [0.2, 0.25) is 0 Å². The third kappa shape index (κ3) is 1.67. The van der Waals surface area contributed by atoms with E-state index in [1.54, 1.807) is 6.08 Å². The first-order chi connectivity index (χ1) is 8.75. The summed E-state index contributed by atoms with van der Waals surface area (Å²) >= 11 is 0. The van der Waals surface area contributed by atoms with E-state index in [0.717, 1.165) is 32.2 Å². The highest BCUT2D eigenvalue weighted by molar-refractivity contribution is 5.58. The van der Waals surface area contributed by atoms with Crippen molar-refractivity contribution in [3.8, 4) is 0 Å². The van der Waals surface area contributed by atoms with E-state index in [1.807, 2.05) is 0 Å². The fourth-order valence-corrected chi connectivity index (χ4v) is 3.11. The first-order valence-electron chi connectivity index (χ1n) is 6.69. The summed E-state index contributed by atoms with van der Waals surface area (Å²) in [6, 6.07) is 6.59. The Labute approximate surface area is 108 Å². The molecule has 18 heavy (non-hydrogen) atoms. The van der Waals surface area contributed by atoms with Crippen LogP contribution >= 0.6 is 0 Å². The molecule has 0 spiro atoms. The monoisotopic (exact) mass is 242 g/mol. The second-order valence-corrected chi connectivity index (χ2v) is 5.46. The number of anilines is 1. The van der Waals surface area contributed by atoms with E-state index in [-0.39, 0.29) is 5.54 Å². The predicted octanol–water partition coefficient (Wildman–Crippen LogP) is 2.78. The van der Waals surface area contributed by atoms with Crippen LogP contribution in [0.15, 0.2) is 23.2 Å². The predicted molar refractivity (Wildman–Crippen MR) is 71.7 cm³/mol. The van der Waals surface area contributed by atoms with Gasteiger partial charge in [0.2, 0.25) is 6.08 Å². The number of hydrogen-bond donors (Lipinski definition) is 0. The van der Waals surface area contributed by atoms with Gasteiger partial charge >= 0.3 is 0 Å². The molecule has 1 aliphatic carbocycles. The van der Waals surface area contributed by atoms with Crippen LogP contribution in [0, 0.1) is 0 Å². The summed E-state index contributed by atoms with van der Waals surface area (Å²) in [6.45, 7) is 1.11. The van der Waals surface area contributed by atoms with E-state index < -0.39 is 0 Å². The Bertz CT molecular complexity index is 513. The molecule has 0 atom stereocenters. The first-order valence-corrected chi connectivity index (χ1v) is 6.69. The van der Waals surface area contributed by atoms with Gasteiger partial charge in [-0.05, 0) is 49.3 Å². The maximum Gasteiger partial charge on any atom is 0.235 e. The quantitative estimate of drug-likeness (QED) is 0.590. The van der Waals surface area contributed by atoms with Crippen LogP contribution in [0.3, 0.4) is 0 Å². The second-order valence-electron chi connectivity index (χ2n) is 5.46. The minimum Gasteiger partial charge on any atom is -0.374 e. The molecule has 0 radical (unpaired) electrons. The van der Waals surface area contributed by atoms with Gasteiger partial charge in [-0.2, -0.15) is 4.99 Å². The second kappa shape index (κ2) is 4.25. The molecule has 0 saturated heterocycles. The number of carbonyl (C=O) groups excluding carboxylic acids is 1. The van der Waals surface area contributed by atoms with E-state index in [9.17, 15) is 4.79 Å². The number of fused-ring (bicyclic) bond motifs is 1. The summed E-state index contributed by atoms with van der Waals surface area (Å²) in [4.78, 5) is 17.0. The molecule has 1 aromatic carbocycles. The molecule has 0 unspecified atom stereocenters. The lowest BCUT2D eigenvalue weighted by atomic mass is 9.72. The van der Waals surface area contributed by atoms with E-state index in [4.69, 9.17) is 0 Å². The van der Waals surface area contributed by atoms with Crippen molar-refractivity contribution in [2.75, 3.05) is 18.5 Å². The highest BCUT2D eigenvalue weighted by Gasteiger charge is 2.39. The number of nitrogens with zero attached hydrogens (tertiary/aromatic N) is 2. The molecule has 3 heteroatoms. The minimum absolute atomic E-state index is 0.269. The molecule has 1 heterocycles. The van der Waals surface area contributed by atoms with Crippen LogP contribution < -0.4 is 4.90 Å².